The third kappa shape index (κ3) is 3.72. The number of aryl methyl sites for hydroxylation is 2. The largest absolute Gasteiger partial charge is 0.497 e. The fraction of sp³-hybridized carbons (Fsp3) is 0.208. The van der Waals surface area contributed by atoms with Gasteiger partial charge in [-0.15, -0.1) is 11.3 Å². The van der Waals surface area contributed by atoms with Crippen LogP contribution < -0.4 is 10.3 Å². The van der Waals surface area contributed by atoms with Gasteiger partial charge < -0.3 is 4.74 Å². The Kier molecular flexibility index (Phi) is 5.39. The van der Waals surface area contributed by atoms with Crippen LogP contribution in [-0.4, -0.2) is 16.7 Å². The lowest BCUT2D eigenvalue weighted by atomic mass is 10.1. The van der Waals surface area contributed by atoms with Crippen molar-refractivity contribution in [2.75, 3.05) is 7.11 Å². The number of rotatable bonds is 5. The van der Waals surface area contributed by atoms with E-state index in [1.165, 1.54) is 0 Å². The molecule has 2 heterocycles. The van der Waals surface area contributed by atoms with Gasteiger partial charge in [0.15, 0.2) is 0 Å². The molecule has 0 bridgehead atoms. The number of hydrogen-bond donors (Lipinski definition) is 0. The van der Waals surface area contributed by atoms with Crippen LogP contribution in [0.5, 0.6) is 5.75 Å². The van der Waals surface area contributed by atoms with E-state index < -0.39 is 0 Å². The predicted molar refractivity (Wildman–Crippen MR) is 119 cm³/mol. The minimum atomic E-state index is -0.0345. The van der Waals surface area contributed by atoms with E-state index in [0.29, 0.717) is 29.7 Å². The molecule has 0 spiro atoms. The maximum atomic E-state index is 13.5. The van der Waals surface area contributed by atoms with Crippen LogP contribution in [0.2, 0.25) is 0 Å². The standard InChI is InChI=1S/C24H21N3O2S/c1-15-16(2)30-23-22(15)24(28)27(14-19-6-4-5-18(11-19)13-25)21(26-23)12-17-7-9-20(29-3)10-8-17/h4-11H,12,14H2,1-3H3. The molecule has 0 atom stereocenters. The van der Waals surface area contributed by atoms with Crippen LogP contribution in [0.25, 0.3) is 10.2 Å². The monoisotopic (exact) mass is 415 g/mol. The van der Waals surface area contributed by atoms with Crippen molar-refractivity contribution < 1.29 is 4.74 Å². The number of thiophene rings is 1. The zero-order valence-corrected chi connectivity index (χ0v) is 17.9. The molecule has 0 saturated heterocycles. The highest BCUT2D eigenvalue weighted by Crippen LogP contribution is 2.27. The summed E-state index contributed by atoms with van der Waals surface area (Å²) in [7, 11) is 1.64. The van der Waals surface area contributed by atoms with E-state index >= 15 is 0 Å². The first-order valence-electron chi connectivity index (χ1n) is 9.61. The van der Waals surface area contributed by atoms with E-state index in [9.17, 15) is 10.1 Å². The molecule has 4 aromatic rings. The molecule has 0 unspecified atom stereocenters. The predicted octanol–water partition coefficient (Wildman–Crippen LogP) is 4.59. The average molecular weight is 416 g/mol. The Labute approximate surface area is 178 Å². The van der Waals surface area contributed by atoms with Gasteiger partial charge in [0.05, 0.1) is 30.7 Å². The van der Waals surface area contributed by atoms with Crippen molar-refractivity contribution in [2.24, 2.45) is 0 Å². The lowest BCUT2D eigenvalue weighted by Crippen LogP contribution is -2.26. The number of hydrogen-bond acceptors (Lipinski definition) is 5. The summed E-state index contributed by atoms with van der Waals surface area (Å²) in [5.74, 6) is 1.50. The number of nitriles is 1. The molecule has 2 aromatic heterocycles. The second-order valence-corrected chi connectivity index (χ2v) is 8.42. The second-order valence-electron chi connectivity index (χ2n) is 7.22. The van der Waals surface area contributed by atoms with E-state index in [1.807, 2.05) is 56.3 Å². The SMILES string of the molecule is COc1ccc(Cc2nc3sc(C)c(C)c3c(=O)n2Cc2cccc(C#N)c2)cc1. The Bertz CT molecular complexity index is 1330. The summed E-state index contributed by atoms with van der Waals surface area (Å²) in [5.41, 5.74) is 3.48. The molecule has 4 rings (SSSR count). The van der Waals surface area contributed by atoms with Gasteiger partial charge in [-0.2, -0.15) is 5.26 Å². The van der Waals surface area contributed by atoms with E-state index in [0.717, 1.165) is 32.1 Å². The van der Waals surface area contributed by atoms with Gasteiger partial charge in [0.25, 0.3) is 5.56 Å². The van der Waals surface area contributed by atoms with Crippen molar-refractivity contribution in [1.82, 2.24) is 9.55 Å². The third-order valence-corrected chi connectivity index (χ3v) is 6.39. The van der Waals surface area contributed by atoms with Gasteiger partial charge in [0, 0.05) is 11.3 Å². The summed E-state index contributed by atoms with van der Waals surface area (Å²) >= 11 is 1.56. The Hall–Kier alpha value is -3.43. The van der Waals surface area contributed by atoms with Crippen LogP contribution in [0.1, 0.15) is 33.0 Å². The first kappa shape index (κ1) is 19.9. The second kappa shape index (κ2) is 8.13. The molecule has 0 saturated carbocycles. The molecular formula is C24H21N3O2S. The quantitative estimate of drug-likeness (QED) is 0.478. The summed E-state index contributed by atoms with van der Waals surface area (Å²) in [6.07, 6.45) is 0.531. The normalized spacial score (nSPS) is 10.9. The van der Waals surface area contributed by atoms with Crippen molar-refractivity contribution in [3.63, 3.8) is 0 Å². The first-order chi connectivity index (χ1) is 14.5. The van der Waals surface area contributed by atoms with Crippen LogP contribution in [0.3, 0.4) is 0 Å². The summed E-state index contributed by atoms with van der Waals surface area (Å²) in [6, 6.07) is 17.3. The number of nitrogens with zero attached hydrogens (tertiary/aromatic N) is 3. The molecule has 30 heavy (non-hydrogen) atoms. The van der Waals surface area contributed by atoms with Gasteiger partial charge in [0.2, 0.25) is 0 Å². The molecular weight excluding hydrogens is 394 g/mol. The van der Waals surface area contributed by atoms with Crippen LogP contribution in [0.4, 0.5) is 0 Å². The molecule has 0 amide bonds. The molecule has 0 aliphatic heterocycles. The summed E-state index contributed by atoms with van der Waals surface area (Å²) in [6.45, 7) is 4.36. The minimum absolute atomic E-state index is 0.0345. The Morgan fingerprint density at radius 2 is 1.90 bits per heavy atom. The van der Waals surface area contributed by atoms with E-state index in [4.69, 9.17) is 9.72 Å². The Morgan fingerprint density at radius 1 is 1.13 bits per heavy atom. The van der Waals surface area contributed by atoms with E-state index in [-0.39, 0.29) is 5.56 Å². The fourth-order valence-electron chi connectivity index (χ4n) is 3.52. The summed E-state index contributed by atoms with van der Waals surface area (Å²) in [4.78, 5) is 20.2. The van der Waals surface area contributed by atoms with Crippen molar-refractivity contribution in [2.45, 2.75) is 26.8 Å². The maximum absolute atomic E-state index is 13.5. The highest BCUT2D eigenvalue weighted by atomic mass is 32.1. The van der Waals surface area contributed by atoms with Gasteiger partial charge in [-0.05, 0) is 54.8 Å². The van der Waals surface area contributed by atoms with Crippen LogP contribution >= 0.6 is 11.3 Å². The maximum Gasteiger partial charge on any atom is 0.262 e. The lowest BCUT2D eigenvalue weighted by Gasteiger charge is -2.13. The van der Waals surface area contributed by atoms with Gasteiger partial charge >= 0.3 is 0 Å². The molecule has 0 aliphatic carbocycles. The molecule has 0 fully saturated rings. The summed E-state index contributed by atoms with van der Waals surface area (Å²) in [5, 5.41) is 9.90. The topological polar surface area (TPSA) is 67.9 Å². The van der Waals surface area contributed by atoms with E-state index in [2.05, 4.69) is 6.07 Å². The Morgan fingerprint density at radius 3 is 2.60 bits per heavy atom. The van der Waals surface area contributed by atoms with E-state index in [1.54, 1.807) is 29.1 Å². The average Bonchev–Trinajstić information content (AvgIpc) is 3.05. The zero-order chi connectivity index (χ0) is 21.3. The van der Waals surface area contributed by atoms with Crippen molar-refractivity contribution in [3.05, 3.63) is 91.8 Å². The molecule has 150 valence electrons. The fourth-order valence-corrected chi connectivity index (χ4v) is 4.55. The highest BCUT2D eigenvalue weighted by Gasteiger charge is 2.17. The van der Waals surface area contributed by atoms with Crippen LogP contribution in [0.15, 0.2) is 53.3 Å². The molecule has 2 aromatic carbocycles. The smallest absolute Gasteiger partial charge is 0.262 e. The highest BCUT2D eigenvalue weighted by molar-refractivity contribution is 7.18. The van der Waals surface area contributed by atoms with Gasteiger partial charge in [-0.1, -0.05) is 24.3 Å². The van der Waals surface area contributed by atoms with Gasteiger partial charge in [0.1, 0.15) is 16.4 Å². The van der Waals surface area contributed by atoms with Gasteiger partial charge in [-0.25, -0.2) is 4.98 Å². The van der Waals surface area contributed by atoms with Gasteiger partial charge in [-0.3, -0.25) is 9.36 Å². The zero-order valence-electron chi connectivity index (χ0n) is 17.1. The minimum Gasteiger partial charge on any atom is -0.497 e. The number of methoxy groups -OCH3 is 1. The van der Waals surface area contributed by atoms with Crippen LogP contribution in [-0.2, 0) is 13.0 Å². The first-order valence-corrected chi connectivity index (χ1v) is 10.4. The van der Waals surface area contributed by atoms with Crippen molar-refractivity contribution in [3.8, 4) is 11.8 Å². The van der Waals surface area contributed by atoms with Crippen molar-refractivity contribution in [1.29, 1.82) is 5.26 Å². The van der Waals surface area contributed by atoms with Crippen LogP contribution in [0, 0.1) is 25.2 Å². The number of aromatic nitrogens is 2. The Balaban J connectivity index is 1.85. The summed E-state index contributed by atoms with van der Waals surface area (Å²) < 4.78 is 6.98. The lowest BCUT2D eigenvalue weighted by molar-refractivity contribution is 0.414. The molecule has 0 radical (unpaired) electrons. The van der Waals surface area contributed by atoms with Crippen molar-refractivity contribution >= 4 is 21.6 Å². The number of ether oxygens (including phenoxy) is 1. The number of fused-ring (bicyclic) bond motifs is 1. The third-order valence-electron chi connectivity index (χ3n) is 5.29. The molecule has 5 nitrogen and oxygen atoms in total. The molecule has 6 heteroatoms. The molecule has 0 aliphatic rings. The number of benzene rings is 2. The molecule has 0 N–H and O–H groups in total.